The van der Waals surface area contributed by atoms with Crippen molar-refractivity contribution in [1.82, 2.24) is 4.90 Å². The smallest absolute Gasteiger partial charge is 0.410 e. The number of carbonyl (C=O) groups is 1. The Morgan fingerprint density at radius 1 is 1.62 bits per heavy atom. The predicted molar refractivity (Wildman–Crippen MR) is 65.6 cm³/mol. The molecule has 2 saturated heterocycles. The van der Waals surface area contributed by atoms with Gasteiger partial charge in [0.1, 0.15) is 5.60 Å². The second-order valence-electron chi connectivity index (χ2n) is 5.66. The molecule has 2 fully saturated rings. The number of fused-ring (bicyclic) bond motifs is 2. The summed E-state index contributed by atoms with van der Waals surface area (Å²) in [5.74, 6) is 0.996. The molecule has 0 aromatic heterocycles. The Balaban J connectivity index is 2.01. The standard InChI is InChI=1S/C11H20N2O2S/c1-10(2,3)15-9(14)13-7-11(6-12)4-8(13)5-16-11/h8H,4-7,12H2,1-3H3/t8?,11-/m1/s1. The van der Waals surface area contributed by atoms with Crippen LogP contribution in [0.4, 0.5) is 4.79 Å². The van der Waals surface area contributed by atoms with E-state index in [1.807, 2.05) is 37.4 Å². The van der Waals surface area contributed by atoms with Crippen LogP contribution < -0.4 is 5.73 Å². The molecular formula is C11H20N2O2S. The lowest BCUT2D eigenvalue weighted by Gasteiger charge is -2.32. The molecule has 92 valence electrons. The minimum atomic E-state index is -0.415. The Bertz CT molecular complexity index is 303. The maximum Gasteiger partial charge on any atom is 0.410 e. The van der Waals surface area contributed by atoms with Crippen LogP contribution in [-0.2, 0) is 4.74 Å². The van der Waals surface area contributed by atoms with Gasteiger partial charge < -0.3 is 15.4 Å². The third kappa shape index (κ3) is 2.15. The van der Waals surface area contributed by atoms with Gasteiger partial charge in [-0.25, -0.2) is 4.79 Å². The molecule has 2 aliphatic heterocycles. The fourth-order valence-electron chi connectivity index (χ4n) is 2.31. The molecule has 2 atom stereocenters. The van der Waals surface area contributed by atoms with Gasteiger partial charge >= 0.3 is 6.09 Å². The molecular weight excluding hydrogens is 224 g/mol. The van der Waals surface area contributed by atoms with Crippen molar-refractivity contribution in [3.63, 3.8) is 0 Å². The molecule has 0 radical (unpaired) electrons. The van der Waals surface area contributed by atoms with E-state index in [2.05, 4.69) is 0 Å². The highest BCUT2D eigenvalue weighted by Gasteiger charge is 2.51. The topological polar surface area (TPSA) is 55.6 Å². The van der Waals surface area contributed by atoms with Crippen LogP contribution in [0.5, 0.6) is 0 Å². The fourth-order valence-corrected chi connectivity index (χ4v) is 3.81. The highest BCUT2D eigenvalue weighted by Crippen LogP contribution is 2.46. The Morgan fingerprint density at radius 2 is 2.31 bits per heavy atom. The number of hydrogen-bond donors (Lipinski definition) is 1. The molecule has 0 spiro atoms. The second-order valence-corrected chi connectivity index (χ2v) is 7.15. The van der Waals surface area contributed by atoms with Crippen LogP contribution in [0.15, 0.2) is 0 Å². The Labute approximate surface area is 101 Å². The first-order valence-electron chi connectivity index (χ1n) is 5.69. The first kappa shape index (κ1) is 12.0. The number of carbonyl (C=O) groups excluding carboxylic acids is 1. The summed E-state index contributed by atoms with van der Waals surface area (Å²) in [6, 6.07) is 0.323. The summed E-state index contributed by atoms with van der Waals surface area (Å²) in [6.45, 7) is 7.08. The van der Waals surface area contributed by atoms with Gasteiger partial charge in [-0.3, -0.25) is 0 Å². The van der Waals surface area contributed by atoms with E-state index in [1.165, 1.54) is 0 Å². The van der Waals surface area contributed by atoms with Crippen molar-refractivity contribution >= 4 is 17.9 Å². The van der Waals surface area contributed by atoms with Gasteiger partial charge in [0, 0.05) is 29.6 Å². The molecule has 4 nitrogen and oxygen atoms in total. The fraction of sp³-hybridized carbons (Fsp3) is 0.909. The van der Waals surface area contributed by atoms with Crippen LogP contribution >= 0.6 is 11.8 Å². The van der Waals surface area contributed by atoms with Crippen molar-refractivity contribution in [3.05, 3.63) is 0 Å². The highest BCUT2D eigenvalue weighted by atomic mass is 32.2. The SMILES string of the molecule is CC(C)(C)OC(=O)N1C[C@]2(CN)CC1CS2. The minimum absolute atomic E-state index is 0.0988. The molecule has 16 heavy (non-hydrogen) atoms. The first-order chi connectivity index (χ1) is 7.35. The summed E-state index contributed by atoms with van der Waals surface area (Å²) in [5, 5.41) is 0. The van der Waals surface area contributed by atoms with Gasteiger partial charge in [0.2, 0.25) is 0 Å². The number of hydrogen-bond acceptors (Lipinski definition) is 4. The molecule has 0 saturated carbocycles. The second kappa shape index (κ2) is 3.81. The molecule has 0 aromatic carbocycles. The molecule has 0 aliphatic carbocycles. The summed E-state index contributed by atoms with van der Waals surface area (Å²) in [5.41, 5.74) is 5.38. The third-order valence-electron chi connectivity index (χ3n) is 3.09. The molecule has 5 heteroatoms. The predicted octanol–water partition coefficient (Wildman–Crippen LogP) is 1.44. The first-order valence-corrected chi connectivity index (χ1v) is 6.67. The van der Waals surface area contributed by atoms with Crippen LogP contribution in [0, 0.1) is 0 Å². The summed E-state index contributed by atoms with van der Waals surface area (Å²) in [6.07, 6.45) is 0.834. The quantitative estimate of drug-likeness (QED) is 0.758. The van der Waals surface area contributed by atoms with E-state index in [0.717, 1.165) is 18.7 Å². The number of rotatable bonds is 1. The number of nitrogens with zero attached hydrogens (tertiary/aromatic N) is 1. The van der Waals surface area contributed by atoms with Crippen LogP contribution in [0.2, 0.25) is 0 Å². The zero-order valence-corrected chi connectivity index (χ0v) is 11.0. The third-order valence-corrected chi connectivity index (χ3v) is 4.72. The number of ether oxygens (including phenoxy) is 1. The molecule has 2 aliphatic rings. The summed E-state index contributed by atoms with van der Waals surface area (Å²) in [7, 11) is 0. The van der Waals surface area contributed by atoms with Gasteiger partial charge in [-0.1, -0.05) is 0 Å². The van der Waals surface area contributed by atoms with E-state index < -0.39 is 5.60 Å². The summed E-state index contributed by atoms with van der Waals surface area (Å²) < 4.78 is 5.50. The molecule has 2 rings (SSSR count). The molecule has 1 amide bonds. The average molecular weight is 244 g/mol. The Hall–Kier alpha value is -0.420. The van der Waals surface area contributed by atoms with Crippen molar-refractivity contribution in [2.45, 2.75) is 43.6 Å². The van der Waals surface area contributed by atoms with Gasteiger partial charge in [0.15, 0.2) is 0 Å². The lowest BCUT2D eigenvalue weighted by Crippen LogP contribution is -2.46. The molecule has 1 unspecified atom stereocenters. The van der Waals surface area contributed by atoms with Crippen LogP contribution in [-0.4, -0.2) is 46.2 Å². The van der Waals surface area contributed by atoms with Crippen molar-refractivity contribution in [2.24, 2.45) is 5.73 Å². The van der Waals surface area contributed by atoms with Crippen LogP contribution in [0.3, 0.4) is 0 Å². The summed E-state index contributed by atoms with van der Waals surface area (Å²) in [4.78, 5) is 13.8. The van der Waals surface area contributed by atoms with Gasteiger partial charge in [-0.15, -0.1) is 11.8 Å². The normalized spacial score (nSPS) is 33.2. The number of nitrogens with two attached hydrogens (primary N) is 1. The number of amides is 1. The monoisotopic (exact) mass is 244 g/mol. The van der Waals surface area contributed by atoms with E-state index >= 15 is 0 Å². The molecule has 2 N–H and O–H groups in total. The zero-order valence-electron chi connectivity index (χ0n) is 10.2. The van der Waals surface area contributed by atoms with Crippen molar-refractivity contribution < 1.29 is 9.53 Å². The van der Waals surface area contributed by atoms with Crippen LogP contribution in [0.1, 0.15) is 27.2 Å². The molecule has 0 aromatic rings. The highest BCUT2D eigenvalue weighted by molar-refractivity contribution is 8.01. The lowest BCUT2D eigenvalue weighted by atomic mass is 10.1. The minimum Gasteiger partial charge on any atom is -0.444 e. The Kier molecular flexibility index (Phi) is 2.87. The molecule has 2 bridgehead atoms. The van der Waals surface area contributed by atoms with E-state index in [1.54, 1.807) is 0 Å². The van der Waals surface area contributed by atoms with Gasteiger partial charge in [0.05, 0.1) is 0 Å². The lowest BCUT2D eigenvalue weighted by molar-refractivity contribution is 0.0234. The van der Waals surface area contributed by atoms with Gasteiger partial charge in [0.25, 0.3) is 0 Å². The van der Waals surface area contributed by atoms with Gasteiger partial charge in [-0.2, -0.15) is 0 Å². The maximum atomic E-state index is 12.0. The maximum absolute atomic E-state index is 12.0. The number of likely N-dealkylation sites (tertiary alicyclic amines) is 1. The van der Waals surface area contributed by atoms with Crippen molar-refractivity contribution in [1.29, 1.82) is 0 Å². The van der Waals surface area contributed by atoms with E-state index in [-0.39, 0.29) is 10.8 Å². The van der Waals surface area contributed by atoms with E-state index in [4.69, 9.17) is 10.5 Å². The van der Waals surface area contributed by atoms with E-state index in [9.17, 15) is 4.79 Å². The largest absolute Gasteiger partial charge is 0.444 e. The molecule has 2 heterocycles. The summed E-state index contributed by atoms with van der Waals surface area (Å²) >= 11 is 1.90. The van der Waals surface area contributed by atoms with Gasteiger partial charge in [-0.05, 0) is 27.2 Å². The van der Waals surface area contributed by atoms with Crippen molar-refractivity contribution in [3.8, 4) is 0 Å². The zero-order chi connectivity index (χ0) is 12.0. The van der Waals surface area contributed by atoms with E-state index in [0.29, 0.717) is 12.6 Å². The van der Waals surface area contributed by atoms with Crippen molar-refractivity contribution in [2.75, 3.05) is 18.8 Å². The number of thioether (sulfide) groups is 1. The van der Waals surface area contributed by atoms with Crippen LogP contribution in [0.25, 0.3) is 0 Å². The average Bonchev–Trinajstić information content (AvgIpc) is 2.72. The Morgan fingerprint density at radius 3 is 2.81 bits per heavy atom.